The number of nitrogens with one attached hydrogen (secondary N) is 1. The van der Waals surface area contributed by atoms with Gasteiger partial charge < -0.3 is 10.4 Å². The van der Waals surface area contributed by atoms with Crippen molar-refractivity contribution >= 4 is 23.3 Å². The van der Waals surface area contributed by atoms with Crippen LogP contribution in [0.4, 0.5) is 5.69 Å². The average molecular weight is 280 g/mol. The predicted octanol–water partition coefficient (Wildman–Crippen LogP) is 3.88. The number of hydrogen-bond donors (Lipinski definition) is 2. The van der Waals surface area contributed by atoms with Gasteiger partial charge in [-0.1, -0.05) is 43.0 Å². The molecule has 0 radical (unpaired) electrons. The van der Waals surface area contributed by atoms with Crippen LogP contribution in [0.3, 0.4) is 0 Å². The number of fused-ring (bicyclic) bond motifs is 2. The van der Waals surface area contributed by atoms with Crippen molar-refractivity contribution in [1.82, 2.24) is 0 Å². The minimum Gasteiger partial charge on any atom is -0.481 e. The molecule has 0 spiro atoms. The van der Waals surface area contributed by atoms with Gasteiger partial charge in [-0.25, -0.2) is 0 Å². The summed E-state index contributed by atoms with van der Waals surface area (Å²) in [6.07, 6.45) is 5.52. The van der Waals surface area contributed by atoms with E-state index in [9.17, 15) is 9.90 Å². The number of carboxylic acids is 1. The number of benzene rings is 1. The fraction of sp³-hybridized carbons (Fsp3) is 0.533. The van der Waals surface area contributed by atoms with Crippen LogP contribution in [0.2, 0.25) is 5.02 Å². The molecule has 0 saturated heterocycles. The molecular formula is C15H18ClNO2. The third-order valence-corrected chi connectivity index (χ3v) is 4.79. The van der Waals surface area contributed by atoms with Gasteiger partial charge in [-0.15, -0.1) is 0 Å². The van der Waals surface area contributed by atoms with Crippen molar-refractivity contribution in [2.24, 2.45) is 5.92 Å². The van der Waals surface area contributed by atoms with Crippen molar-refractivity contribution in [3.8, 4) is 0 Å². The Kier molecular flexibility index (Phi) is 3.40. The van der Waals surface area contributed by atoms with Crippen LogP contribution in [-0.4, -0.2) is 17.1 Å². The first kappa shape index (κ1) is 12.8. The maximum absolute atomic E-state index is 11.7. The summed E-state index contributed by atoms with van der Waals surface area (Å²) in [4.78, 5) is 11.7. The van der Waals surface area contributed by atoms with Gasteiger partial charge in [-0.3, -0.25) is 4.79 Å². The van der Waals surface area contributed by atoms with Gasteiger partial charge in [0.05, 0.1) is 16.6 Å². The van der Waals surface area contributed by atoms with Crippen molar-refractivity contribution in [3.63, 3.8) is 0 Å². The molecular weight excluding hydrogens is 262 g/mol. The second-order valence-electron chi connectivity index (χ2n) is 5.57. The first-order valence-corrected chi connectivity index (χ1v) is 7.34. The van der Waals surface area contributed by atoms with E-state index >= 15 is 0 Å². The van der Waals surface area contributed by atoms with E-state index in [1.54, 1.807) is 0 Å². The molecule has 3 nitrogen and oxygen atoms in total. The van der Waals surface area contributed by atoms with E-state index in [0.717, 1.165) is 30.5 Å². The number of para-hydroxylation sites is 1. The first-order valence-electron chi connectivity index (χ1n) is 6.96. The molecule has 0 bridgehead atoms. The molecule has 2 N–H and O–H groups in total. The lowest BCUT2D eigenvalue weighted by Crippen LogP contribution is -2.40. The molecule has 3 unspecified atom stereocenters. The zero-order valence-corrected chi connectivity index (χ0v) is 11.5. The SMILES string of the molecule is O=C(O)C1c2cccc(Cl)c2NC2CCCCCC21. The van der Waals surface area contributed by atoms with Crippen molar-refractivity contribution in [2.45, 2.75) is 44.1 Å². The molecule has 102 valence electrons. The molecule has 3 atom stereocenters. The number of carboxylic acid groups (broad SMARTS) is 1. The largest absolute Gasteiger partial charge is 0.481 e. The van der Waals surface area contributed by atoms with Crippen LogP contribution in [0.25, 0.3) is 0 Å². The highest BCUT2D eigenvalue weighted by molar-refractivity contribution is 6.33. The molecule has 2 aliphatic rings. The van der Waals surface area contributed by atoms with E-state index in [4.69, 9.17) is 11.6 Å². The molecule has 1 aliphatic carbocycles. The minimum absolute atomic E-state index is 0.186. The van der Waals surface area contributed by atoms with E-state index in [2.05, 4.69) is 5.32 Å². The van der Waals surface area contributed by atoms with Crippen molar-refractivity contribution in [2.75, 3.05) is 5.32 Å². The molecule has 4 heteroatoms. The Hall–Kier alpha value is -1.22. The second-order valence-corrected chi connectivity index (χ2v) is 5.98. The fourth-order valence-electron chi connectivity index (χ4n) is 3.60. The van der Waals surface area contributed by atoms with Crippen molar-refractivity contribution in [1.29, 1.82) is 0 Å². The second kappa shape index (κ2) is 5.04. The van der Waals surface area contributed by atoms with Gasteiger partial charge in [0, 0.05) is 6.04 Å². The van der Waals surface area contributed by atoms with Crippen LogP contribution in [0.15, 0.2) is 18.2 Å². The Bertz CT molecular complexity index is 503. The summed E-state index contributed by atoms with van der Waals surface area (Å²) < 4.78 is 0. The van der Waals surface area contributed by atoms with E-state index in [1.807, 2.05) is 18.2 Å². The summed E-state index contributed by atoms with van der Waals surface area (Å²) in [5.74, 6) is -0.953. The van der Waals surface area contributed by atoms with E-state index < -0.39 is 11.9 Å². The smallest absolute Gasteiger partial charge is 0.311 e. The number of rotatable bonds is 1. The molecule has 1 aromatic rings. The normalized spacial score (nSPS) is 29.6. The van der Waals surface area contributed by atoms with Gasteiger partial charge in [-0.05, 0) is 30.4 Å². The predicted molar refractivity (Wildman–Crippen MR) is 75.8 cm³/mol. The van der Waals surface area contributed by atoms with Gasteiger partial charge in [0.25, 0.3) is 0 Å². The van der Waals surface area contributed by atoms with Crippen LogP contribution in [0.1, 0.15) is 43.6 Å². The summed E-state index contributed by atoms with van der Waals surface area (Å²) in [6, 6.07) is 5.81. The first-order chi connectivity index (χ1) is 9.18. The Morgan fingerprint density at radius 3 is 2.84 bits per heavy atom. The molecule has 1 saturated carbocycles. The maximum atomic E-state index is 11.7. The number of anilines is 1. The summed E-state index contributed by atoms with van der Waals surface area (Å²) in [7, 11) is 0. The number of carbonyl (C=O) groups is 1. The minimum atomic E-state index is -0.720. The lowest BCUT2D eigenvalue weighted by atomic mass is 9.75. The van der Waals surface area contributed by atoms with Crippen LogP contribution in [0.5, 0.6) is 0 Å². The Morgan fingerprint density at radius 1 is 1.26 bits per heavy atom. The molecule has 19 heavy (non-hydrogen) atoms. The van der Waals surface area contributed by atoms with Crippen molar-refractivity contribution in [3.05, 3.63) is 28.8 Å². The standard InChI is InChI=1S/C15H18ClNO2/c16-11-7-4-6-10-13(15(18)19)9-5-2-1-3-8-12(9)17-14(10)11/h4,6-7,9,12-13,17H,1-3,5,8H2,(H,18,19). The zero-order chi connectivity index (χ0) is 13.4. The van der Waals surface area contributed by atoms with E-state index in [0.29, 0.717) is 5.02 Å². The average Bonchev–Trinajstić information content (AvgIpc) is 2.61. The number of hydrogen-bond acceptors (Lipinski definition) is 2. The summed E-state index contributed by atoms with van der Waals surface area (Å²) in [5, 5.41) is 13.8. The molecule has 1 aliphatic heterocycles. The highest BCUT2D eigenvalue weighted by atomic mass is 35.5. The third-order valence-electron chi connectivity index (χ3n) is 4.47. The Labute approximate surface area is 118 Å². The van der Waals surface area contributed by atoms with Crippen molar-refractivity contribution < 1.29 is 9.90 Å². The van der Waals surface area contributed by atoms with E-state index in [1.165, 1.54) is 12.8 Å². The molecule has 1 heterocycles. The Balaban J connectivity index is 2.08. The topological polar surface area (TPSA) is 49.3 Å². The van der Waals surface area contributed by atoms with Crippen LogP contribution in [-0.2, 0) is 4.79 Å². The lowest BCUT2D eigenvalue weighted by molar-refractivity contribution is -0.140. The zero-order valence-electron chi connectivity index (χ0n) is 10.7. The van der Waals surface area contributed by atoms with Gasteiger partial charge >= 0.3 is 5.97 Å². The molecule has 0 amide bonds. The highest BCUT2D eigenvalue weighted by Crippen LogP contribution is 2.46. The molecule has 0 aromatic heterocycles. The van der Waals surface area contributed by atoms with Gasteiger partial charge in [0.15, 0.2) is 0 Å². The van der Waals surface area contributed by atoms with Crippen LogP contribution >= 0.6 is 11.6 Å². The molecule has 3 rings (SSSR count). The maximum Gasteiger partial charge on any atom is 0.311 e. The molecule has 1 aromatic carbocycles. The van der Waals surface area contributed by atoms with Crippen LogP contribution < -0.4 is 5.32 Å². The number of halogens is 1. The van der Waals surface area contributed by atoms with Gasteiger partial charge in [-0.2, -0.15) is 0 Å². The van der Waals surface area contributed by atoms with Gasteiger partial charge in [0.1, 0.15) is 0 Å². The Morgan fingerprint density at radius 2 is 2.05 bits per heavy atom. The quantitative estimate of drug-likeness (QED) is 0.820. The van der Waals surface area contributed by atoms with Crippen LogP contribution in [0, 0.1) is 5.92 Å². The molecule has 1 fully saturated rings. The summed E-state index contributed by atoms with van der Waals surface area (Å²) >= 11 is 6.23. The fourth-order valence-corrected chi connectivity index (χ4v) is 3.84. The monoisotopic (exact) mass is 279 g/mol. The van der Waals surface area contributed by atoms with Gasteiger partial charge in [0.2, 0.25) is 0 Å². The third kappa shape index (κ3) is 2.20. The summed E-state index contributed by atoms with van der Waals surface area (Å²) in [6.45, 7) is 0. The summed E-state index contributed by atoms with van der Waals surface area (Å²) in [5.41, 5.74) is 1.68. The highest BCUT2D eigenvalue weighted by Gasteiger charge is 2.41. The van der Waals surface area contributed by atoms with E-state index in [-0.39, 0.29) is 12.0 Å². The lowest BCUT2D eigenvalue weighted by Gasteiger charge is -2.38. The number of aliphatic carboxylic acids is 1.